The zero-order valence-corrected chi connectivity index (χ0v) is 22.4. The van der Waals surface area contributed by atoms with Gasteiger partial charge in [-0.1, -0.05) is 42.5 Å². The van der Waals surface area contributed by atoms with Gasteiger partial charge in [0.2, 0.25) is 11.9 Å². The number of imidazole rings is 1. The van der Waals surface area contributed by atoms with Gasteiger partial charge in [0.1, 0.15) is 12.1 Å². The zero-order chi connectivity index (χ0) is 29.2. The largest absolute Gasteiger partial charge is 0.392 e. The first-order chi connectivity index (χ1) is 20.4. The quantitative estimate of drug-likeness (QED) is 0.168. The molecule has 3 heterocycles. The molecular weight excluding hydrogens is 534 g/mol. The lowest BCUT2D eigenvalue weighted by Gasteiger charge is -2.17. The fourth-order valence-electron chi connectivity index (χ4n) is 4.74. The standard InChI is InChI=1S/C30H25N9O3/c1-18(19-6-4-7-22(13-19)39(41)42)34-30-36-25(23-8-3-2-5-21(23)16-40)15-28(37-30)38-17-33-26-14-20(9-10-27(26)38)24-11-12-32-29(31)35-24/h2-15,17-18,40H,16H2,1H3,(H2,31,32,35)(H,34,36,37)/t18-/m0/s1. The molecule has 0 aliphatic rings. The number of hydrogen-bond acceptors (Lipinski definition) is 10. The number of nitro groups is 1. The summed E-state index contributed by atoms with van der Waals surface area (Å²) >= 11 is 0. The number of aliphatic hydroxyl groups is 1. The van der Waals surface area contributed by atoms with Crippen LogP contribution in [0.3, 0.4) is 0 Å². The van der Waals surface area contributed by atoms with E-state index in [-0.39, 0.29) is 24.3 Å². The normalized spacial score (nSPS) is 11.9. The zero-order valence-electron chi connectivity index (χ0n) is 22.4. The van der Waals surface area contributed by atoms with Crippen molar-refractivity contribution in [2.24, 2.45) is 0 Å². The number of non-ortho nitro benzene ring substituents is 1. The van der Waals surface area contributed by atoms with E-state index in [1.165, 1.54) is 12.1 Å². The van der Waals surface area contributed by atoms with Crippen LogP contribution in [0.25, 0.3) is 39.4 Å². The van der Waals surface area contributed by atoms with Crippen molar-refractivity contribution in [3.63, 3.8) is 0 Å². The topological polar surface area (TPSA) is 171 Å². The Hall–Kier alpha value is -5.75. The molecule has 0 bridgehead atoms. The highest BCUT2D eigenvalue weighted by molar-refractivity contribution is 5.83. The summed E-state index contributed by atoms with van der Waals surface area (Å²) in [5.41, 5.74) is 11.6. The summed E-state index contributed by atoms with van der Waals surface area (Å²) in [6.07, 6.45) is 3.29. The van der Waals surface area contributed by atoms with Crippen LogP contribution in [0.15, 0.2) is 91.4 Å². The lowest BCUT2D eigenvalue weighted by molar-refractivity contribution is -0.384. The first kappa shape index (κ1) is 26.5. The van der Waals surface area contributed by atoms with E-state index in [0.29, 0.717) is 34.3 Å². The Labute approximate surface area is 239 Å². The molecular formula is C30H25N9O3. The number of nitrogen functional groups attached to an aromatic ring is 1. The van der Waals surface area contributed by atoms with Crippen LogP contribution in [-0.4, -0.2) is 39.5 Å². The molecule has 0 saturated carbocycles. The summed E-state index contributed by atoms with van der Waals surface area (Å²) in [7, 11) is 0. The van der Waals surface area contributed by atoms with Crippen molar-refractivity contribution in [1.82, 2.24) is 29.5 Å². The van der Waals surface area contributed by atoms with Gasteiger partial charge in [-0.05, 0) is 36.2 Å². The number of nitrogens with one attached hydrogen (secondary N) is 1. The first-order valence-corrected chi connectivity index (χ1v) is 13.0. The van der Waals surface area contributed by atoms with Gasteiger partial charge in [0.25, 0.3) is 5.69 Å². The number of nitrogens with zero attached hydrogens (tertiary/aromatic N) is 7. The molecule has 12 heteroatoms. The Balaban J connectivity index is 1.44. The molecule has 4 N–H and O–H groups in total. The summed E-state index contributed by atoms with van der Waals surface area (Å²) in [4.78, 5) is 33.3. The molecule has 1 atom stereocenters. The van der Waals surface area contributed by atoms with Gasteiger partial charge in [-0.25, -0.2) is 19.9 Å². The van der Waals surface area contributed by atoms with Crippen molar-refractivity contribution >= 4 is 28.6 Å². The van der Waals surface area contributed by atoms with Gasteiger partial charge >= 0.3 is 0 Å². The third kappa shape index (κ3) is 5.21. The smallest absolute Gasteiger partial charge is 0.269 e. The van der Waals surface area contributed by atoms with Crippen LogP contribution < -0.4 is 11.1 Å². The fraction of sp³-hybridized carbons (Fsp3) is 0.100. The van der Waals surface area contributed by atoms with Gasteiger partial charge in [-0.15, -0.1) is 0 Å². The van der Waals surface area contributed by atoms with Crippen LogP contribution in [0, 0.1) is 10.1 Å². The lowest BCUT2D eigenvalue weighted by atomic mass is 10.0. The summed E-state index contributed by atoms with van der Waals surface area (Å²) in [5, 5.41) is 24.6. The average Bonchev–Trinajstić information content (AvgIpc) is 3.44. The highest BCUT2D eigenvalue weighted by atomic mass is 16.6. The number of benzene rings is 3. The van der Waals surface area contributed by atoms with Crippen LogP contribution in [-0.2, 0) is 6.61 Å². The van der Waals surface area contributed by atoms with Crippen LogP contribution in [0.2, 0.25) is 0 Å². The molecule has 42 heavy (non-hydrogen) atoms. The van der Waals surface area contributed by atoms with Crippen LogP contribution in [0.4, 0.5) is 17.6 Å². The molecule has 12 nitrogen and oxygen atoms in total. The third-order valence-electron chi connectivity index (χ3n) is 6.87. The van der Waals surface area contributed by atoms with Gasteiger partial charge in [0.15, 0.2) is 0 Å². The first-order valence-electron chi connectivity index (χ1n) is 13.0. The van der Waals surface area contributed by atoms with Crippen LogP contribution in [0.1, 0.15) is 24.1 Å². The average molecular weight is 560 g/mol. The molecule has 0 spiro atoms. The molecule has 6 aromatic rings. The van der Waals surface area contributed by atoms with Gasteiger partial charge < -0.3 is 16.2 Å². The van der Waals surface area contributed by atoms with Crippen molar-refractivity contribution in [3.8, 4) is 28.3 Å². The molecule has 0 radical (unpaired) electrons. The summed E-state index contributed by atoms with van der Waals surface area (Å²) in [6.45, 7) is 1.72. The van der Waals surface area contributed by atoms with Crippen molar-refractivity contribution in [3.05, 3.63) is 113 Å². The van der Waals surface area contributed by atoms with Crippen molar-refractivity contribution in [1.29, 1.82) is 0 Å². The minimum Gasteiger partial charge on any atom is -0.392 e. The Bertz CT molecular complexity index is 1940. The van der Waals surface area contributed by atoms with E-state index in [1.54, 1.807) is 24.7 Å². The number of aromatic nitrogens is 6. The maximum absolute atomic E-state index is 11.3. The van der Waals surface area contributed by atoms with Gasteiger partial charge in [-0.3, -0.25) is 14.7 Å². The highest BCUT2D eigenvalue weighted by Gasteiger charge is 2.17. The van der Waals surface area contributed by atoms with E-state index in [9.17, 15) is 15.2 Å². The van der Waals surface area contributed by atoms with Gasteiger partial charge in [-0.2, -0.15) is 4.98 Å². The predicted octanol–water partition coefficient (Wildman–Crippen LogP) is 5.10. The van der Waals surface area contributed by atoms with Crippen molar-refractivity contribution in [2.75, 3.05) is 11.1 Å². The molecule has 3 aromatic heterocycles. The lowest BCUT2D eigenvalue weighted by Crippen LogP contribution is -2.12. The van der Waals surface area contributed by atoms with Gasteiger partial charge in [0.05, 0.1) is 40.0 Å². The molecule has 3 aromatic carbocycles. The Morgan fingerprint density at radius 2 is 1.83 bits per heavy atom. The Morgan fingerprint density at radius 3 is 2.64 bits per heavy atom. The molecule has 0 saturated heterocycles. The number of nitrogens with two attached hydrogens (primary N) is 1. The molecule has 0 unspecified atom stereocenters. The summed E-state index contributed by atoms with van der Waals surface area (Å²) in [5.74, 6) is 1.04. The molecule has 0 aliphatic carbocycles. The van der Waals surface area contributed by atoms with Gasteiger partial charge in [0, 0.05) is 35.5 Å². The Kier molecular flexibility index (Phi) is 6.95. The third-order valence-corrected chi connectivity index (χ3v) is 6.87. The summed E-state index contributed by atoms with van der Waals surface area (Å²) in [6, 6.07) is 22.9. The fourth-order valence-corrected chi connectivity index (χ4v) is 4.74. The maximum atomic E-state index is 11.3. The van der Waals surface area contributed by atoms with E-state index in [1.807, 2.05) is 66.1 Å². The highest BCUT2D eigenvalue weighted by Crippen LogP contribution is 2.29. The number of aliphatic hydroxyl groups excluding tert-OH is 1. The van der Waals surface area contributed by atoms with E-state index in [4.69, 9.17) is 15.7 Å². The minimum atomic E-state index is -0.424. The molecule has 0 amide bonds. The molecule has 0 aliphatic heterocycles. The number of rotatable bonds is 8. The van der Waals surface area contributed by atoms with E-state index >= 15 is 0 Å². The molecule has 6 rings (SSSR count). The van der Waals surface area contributed by atoms with E-state index in [2.05, 4.69) is 20.3 Å². The number of nitro benzene ring substituents is 1. The minimum absolute atomic E-state index is 0.00212. The summed E-state index contributed by atoms with van der Waals surface area (Å²) < 4.78 is 1.85. The SMILES string of the molecule is C[C@H](Nc1nc(-c2ccccc2CO)cc(-n2cnc3cc(-c4ccnc(N)n4)ccc32)n1)c1cccc([N+](=O)[O-])c1. The Morgan fingerprint density at radius 1 is 0.976 bits per heavy atom. The second kappa shape index (κ2) is 11.0. The number of hydrogen-bond donors (Lipinski definition) is 3. The second-order valence-corrected chi connectivity index (χ2v) is 9.59. The van der Waals surface area contributed by atoms with E-state index < -0.39 is 4.92 Å². The predicted molar refractivity (Wildman–Crippen MR) is 159 cm³/mol. The van der Waals surface area contributed by atoms with Crippen molar-refractivity contribution < 1.29 is 10.0 Å². The van der Waals surface area contributed by atoms with E-state index in [0.717, 1.165) is 22.2 Å². The molecule has 0 fully saturated rings. The van der Waals surface area contributed by atoms with Crippen LogP contribution >= 0.6 is 0 Å². The monoisotopic (exact) mass is 559 g/mol. The number of anilines is 2. The second-order valence-electron chi connectivity index (χ2n) is 9.59. The van der Waals surface area contributed by atoms with Crippen molar-refractivity contribution in [2.45, 2.75) is 19.6 Å². The van der Waals surface area contributed by atoms with Crippen LogP contribution in [0.5, 0.6) is 0 Å². The maximum Gasteiger partial charge on any atom is 0.269 e. The number of fused-ring (bicyclic) bond motifs is 1. The molecule has 208 valence electrons.